The van der Waals surface area contributed by atoms with Crippen LogP contribution in [0.3, 0.4) is 0 Å². The number of rotatable bonds is 5. The molecule has 1 aromatic carbocycles. The van der Waals surface area contributed by atoms with Crippen molar-refractivity contribution in [2.45, 2.75) is 6.42 Å². The van der Waals surface area contributed by atoms with Crippen LogP contribution in [-0.2, 0) is 4.74 Å². The van der Waals surface area contributed by atoms with Crippen molar-refractivity contribution < 1.29 is 9.53 Å². The summed E-state index contributed by atoms with van der Waals surface area (Å²) < 4.78 is 4.98. The van der Waals surface area contributed by atoms with Gasteiger partial charge in [0.25, 0.3) is 5.91 Å². The zero-order chi connectivity index (χ0) is 14.5. The van der Waals surface area contributed by atoms with Gasteiger partial charge >= 0.3 is 0 Å². The minimum atomic E-state index is -0.131. The molecule has 2 rings (SSSR count). The molecule has 20 heavy (non-hydrogen) atoms. The van der Waals surface area contributed by atoms with E-state index in [4.69, 9.17) is 16.3 Å². The van der Waals surface area contributed by atoms with Crippen molar-refractivity contribution in [1.82, 2.24) is 9.88 Å². The number of pyridine rings is 1. The highest BCUT2D eigenvalue weighted by Crippen LogP contribution is 2.23. The lowest BCUT2D eigenvalue weighted by Crippen LogP contribution is -2.29. The molecule has 2 aromatic rings. The van der Waals surface area contributed by atoms with Crippen LogP contribution in [0.5, 0.6) is 0 Å². The Labute approximate surface area is 123 Å². The second-order valence-electron chi connectivity index (χ2n) is 4.58. The number of hydrogen-bond donors (Lipinski definition) is 0. The summed E-state index contributed by atoms with van der Waals surface area (Å²) in [6.45, 7) is 1.25. The van der Waals surface area contributed by atoms with E-state index in [0.29, 0.717) is 23.9 Å². The summed E-state index contributed by atoms with van der Waals surface area (Å²) in [7, 11) is 3.40. The lowest BCUT2D eigenvalue weighted by atomic mass is 10.2. The zero-order valence-electron chi connectivity index (χ0n) is 11.6. The predicted molar refractivity (Wildman–Crippen MR) is 80.2 cm³/mol. The third-order valence-electron chi connectivity index (χ3n) is 3.07. The molecule has 0 aliphatic carbocycles. The Bertz CT molecular complexity index is 616. The number of ether oxygens (including phenoxy) is 1. The summed E-state index contributed by atoms with van der Waals surface area (Å²) in [6.07, 6.45) is 0.792. The fourth-order valence-electron chi connectivity index (χ4n) is 1.99. The summed E-state index contributed by atoms with van der Waals surface area (Å²) in [5, 5.41) is 1.40. The molecule has 0 N–H and O–H groups in total. The van der Waals surface area contributed by atoms with E-state index in [2.05, 4.69) is 4.98 Å². The molecule has 0 bridgehead atoms. The Morgan fingerprint density at radius 2 is 2.15 bits per heavy atom. The fourth-order valence-corrected chi connectivity index (χ4v) is 2.25. The Hall–Kier alpha value is -1.65. The topological polar surface area (TPSA) is 42.4 Å². The van der Waals surface area contributed by atoms with Crippen LogP contribution in [0.4, 0.5) is 0 Å². The molecule has 0 saturated heterocycles. The number of hydrogen-bond acceptors (Lipinski definition) is 3. The molecule has 4 nitrogen and oxygen atoms in total. The first kappa shape index (κ1) is 14.8. The molecule has 0 fully saturated rings. The Kier molecular flexibility index (Phi) is 4.93. The molecule has 0 aliphatic heterocycles. The average Bonchev–Trinajstić information content (AvgIpc) is 2.46. The third-order valence-corrected chi connectivity index (χ3v) is 3.39. The zero-order valence-corrected chi connectivity index (χ0v) is 12.4. The second kappa shape index (κ2) is 6.68. The summed E-state index contributed by atoms with van der Waals surface area (Å²) in [4.78, 5) is 18.3. The first-order valence-electron chi connectivity index (χ1n) is 6.43. The molecule has 0 radical (unpaired) electrons. The normalized spacial score (nSPS) is 10.8. The minimum Gasteiger partial charge on any atom is -0.385 e. The first-order chi connectivity index (χ1) is 9.63. The van der Waals surface area contributed by atoms with E-state index in [9.17, 15) is 4.79 Å². The SMILES string of the molecule is COCCCN(C)C(=O)c1cc(Cl)c2ccccc2n1. The van der Waals surface area contributed by atoms with Gasteiger partial charge in [0.1, 0.15) is 5.69 Å². The van der Waals surface area contributed by atoms with Crippen LogP contribution in [0.15, 0.2) is 30.3 Å². The van der Waals surface area contributed by atoms with E-state index in [1.807, 2.05) is 24.3 Å². The molecule has 1 amide bonds. The lowest BCUT2D eigenvalue weighted by Gasteiger charge is -2.16. The van der Waals surface area contributed by atoms with Crippen molar-refractivity contribution >= 4 is 28.4 Å². The number of fused-ring (bicyclic) bond motifs is 1. The van der Waals surface area contributed by atoms with Gasteiger partial charge in [-0.3, -0.25) is 4.79 Å². The molecule has 0 spiro atoms. The van der Waals surface area contributed by atoms with Gasteiger partial charge in [0.2, 0.25) is 0 Å². The van der Waals surface area contributed by atoms with Gasteiger partial charge in [-0.15, -0.1) is 0 Å². The van der Waals surface area contributed by atoms with E-state index in [1.54, 1.807) is 25.1 Å². The number of benzene rings is 1. The van der Waals surface area contributed by atoms with Crippen molar-refractivity contribution in [2.75, 3.05) is 27.3 Å². The van der Waals surface area contributed by atoms with Crippen LogP contribution in [0.1, 0.15) is 16.9 Å². The largest absolute Gasteiger partial charge is 0.385 e. The van der Waals surface area contributed by atoms with E-state index in [0.717, 1.165) is 17.3 Å². The maximum Gasteiger partial charge on any atom is 0.272 e. The van der Waals surface area contributed by atoms with Crippen LogP contribution in [-0.4, -0.2) is 43.1 Å². The number of halogens is 1. The molecule has 0 aliphatic rings. The molecule has 1 aromatic heterocycles. The van der Waals surface area contributed by atoms with Gasteiger partial charge in [-0.25, -0.2) is 4.98 Å². The summed E-state index contributed by atoms with van der Waals surface area (Å²) in [5.74, 6) is -0.131. The quantitative estimate of drug-likeness (QED) is 0.796. The van der Waals surface area contributed by atoms with Crippen molar-refractivity contribution in [1.29, 1.82) is 0 Å². The number of aromatic nitrogens is 1. The summed E-state index contributed by atoms with van der Waals surface area (Å²) in [6, 6.07) is 9.14. The number of carbonyl (C=O) groups excluding carboxylic acids is 1. The Balaban J connectivity index is 2.22. The smallest absolute Gasteiger partial charge is 0.272 e. The molecule has 5 heteroatoms. The van der Waals surface area contributed by atoms with Gasteiger partial charge in [-0.2, -0.15) is 0 Å². The highest BCUT2D eigenvalue weighted by molar-refractivity contribution is 6.35. The highest BCUT2D eigenvalue weighted by Gasteiger charge is 2.15. The summed E-state index contributed by atoms with van der Waals surface area (Å²) >= 11 is 6.21. The van der Waals surface area contributed by atoms with Crippen LogP contribution in [0, 0.1) is 0 Å². The molecule has 0 saturated carbocycles. The minimum absolute atomic E-state index is 0.131. The first-order valence-corrected chi connectivity index (χ1v) is 6.81. The van der Waals surface area contributed by atoms with Crippen LogP contribution in [0.25, 0.3) is 10.9 Å². The monoisotopic (exact) mass is 292 g/mol. The van der Waals surface area contributed by atoms with Crippen molar-refractivity contribution in [3.63, 3.8) is 0 Å². The highest BCUT2D eigenvalue weighted by atomic mass is 35.5. The Morgan fingerprint density at radius 1 is 1.40 bits per heavy atom. The molecular formula is C15H17ClN2O2. The van der Waals surface area contributed by atoms with Gasteiger partial charge in [-0.1, -0.05) is 29.8 Å². The van der Waals surface area contributed by atoms with E-state index >= 15 is 0 Å². The van der Waals surface area contributed by atoms with Gasteiger partial charge in [0, 0.05) is 32.7 Å². The maximum absolute atomic E-state index is 12.3. The van der Waals surface area contributed by atoms with E-state index in [1.165, 1.54) is 0 Å². The summed E-state index contributed by atoms with van der Waals surface area (Å²) in [5.41, 5.74) is 1.10. The standard InChI is InChI=1S/C15H17ClN2O2/c1-18(8-5-9-20-2)15(19)14-10-12(16)11-6-3-4-7-13(11)17-14/h3-4,6-7,10H,5,8-9H2,1-2H3. The molecule has 0 unspecified atom stereocenters. The number of amides is 1. The second-order valence-corrected chi connectivity index (χ2v) is 4.99. The number of nitrogens with zero attached hydrogens (tertiary/aromatic N) is 2. The van der Waals surface area contributed by atoms with Gasteiger partial charge < -0.3 is 9.64 Å². The average molecular weight is 293 g/mol. The van der Waals surface area contributed by atoms with Crippen LogP contribution in [0.2, 0.25) is 5.02 Å². The van der Waals surface area contributed by atoms with Gasteiger partial charge in [-0.05, 0) is 18.6 Å². The van der Waals surface area contributed by atoms with Gasteiger partial charge in [0.05, 0.1) is 10.5 Å². The fraction of sp³-hybridized carbons (Fsp3) is 0.333. The van der Waals surface area contributed by atoms with Gasteiger partial charge in [0.15, 0.2) is 0 Å². The van der Waals surface area contributed by atoms with Crippen molar-refractivity contribution in [3.05, 3.63) is 41.0 Å². The number of methoxy groups -OCH3 is 1. The van der Waals surface area contributed by atoms with Crippen molar-refractivity contribution in [3.8, 4) is 0 Å². The van der Waals surface area contributed by atoms with Crippen LogP contribution >= 0.6 is 11.6 Å². The lowest BCUT2D eigenvalue weighted by molar-refractivity contribution is 0.0774. The van der Waals surface area contributed by atoms with Crippen LogP contribution < -0.4 is 0 Å². The predicted octanol–water partition coefficient (Wildman–Crippen LogP) is 3.00. The van der Waals surface area contributed by atoms with Crippen molar-refractivity contribution in [2.24, 2.45) is 0 Å². The molecule has 106 valence electrons. The number of para-hydroxylation sites is 1. The molecule has 1 heterocycles. The third kappa shape index (κ3) is 3.26. The van der Waals surface area contributed by atoms with E-state index in [-0.39, 0.29) is 5.91 Å². The molecule has 0 atom stereocenters. The Morgan fingerprint density at radius 3 is 2.90 bits per heavy atom. The van der Waals surface area contributed by atoms with E-state index < -0.39 is 0 Å². The maximum atomic E-state index is 12.3. The molecular weight excluding hydrogens is 276 g/mol. The number of carbonyl (C=O) groups is 1.